The maximum absolute atomic E-state index is 12.7. The maximum Gasteiger partial charge on any atom is 0.199 e. The highest BCUT2D eigenvalue weighted by atomic mass is 19.1. The van der Waals surface area contributed by atoms with E-state index >= 15 is 0 Å². The zero-order valence-corrected chi connectivity index (χ0v) is 17.9. The number of ether oxygens (including phenoxy) is 1. The average molecular weight is 390 g/mol. The minimum absolute atomic E-state index is 0.474. The lowest BCUT2D eigenvalue weighted by Crippen LogP contribution is -2.26. The summed E-state index contributed by atoms with van der Waals surface area (Å²) in [7, 11) is 0. The Hall–Kier alpha value is -1.14. The van der Waals surface area contributed by atoms with Crippen LogP contribution >= 0.6 is 0 Å². The molecule has 158 valence electrons. The first-order valence-corrected chi connectivity index (χ1v) is 11.7. The minimum atomic E-state index is -0.723. The van der Waals surface area contributed by atoms with E-state index in [1.807, 2.05) is 6.08 Å². The van der Waals surface area contributed by atoms with Gasteiger partial charge < -0.3 is 4.74 Å². The van der Waals surface area contributed by atoms with Crippen molar-refractivity contribution in [3.8, 4) is 6.07 Å². The van der Waals surface area contributed by atoms with Crippen molar-refractivity contribution < 1.29 is 9.13 Å². The number of hydrogen-bond acceptors (Lipinski definition) is 2. The monoisotopic (exact) mass is 389 g/mol. The number of halogens is 1. The van der Waals surface area contributed by atoms with E-state index in [1.165, 1.54) is 89.2 Å². The number of nitriles is 1. The number of rotatable bonds is 11. The molecule has 0 aliphatic heterocycles. The molecule has 0 aromatic carbocycles. The second-order valence-corrected chi connectivity index (χ2v) is 8.99. The number of allylic oxidation sites excluding steroid dienone is 4. The van der Waals surface area contributed by atoms with E-state index in [0.717, 1.165) is 37.2 Å². The van der Waals surface area contributed by atoms with E-state index in [4.69, 9.17) is 10.00 Å². The van der Waals surface area contributed by atoms with Crippen molar-refractivity contribution in [2.45, 2.75) is 103 Å². The zero-order valence-electron chi connectivity index (χ0n) is 17.9. The molecule has 3 heteroatoms. The van der Waals surface area contributed by atoms with E-state index in [2.05, 4.69) is 6.92 Å². The molecule has 0 radical (unpaired) electrons. The number of hydrogen-bond donors (Lipinski definition) is 0. The smallest absolute Gasteiger partial charge is 0.199 e. The molecule has 0 spiro atoms. The predicted octanol–water partition coefficient (Wildman–Crippen LogP) is 7.66. The number of nitrogens with zero attached hydrogens (tertiary/aromatic N) is 1. The lowest BCUT2D eigenvalue weighted by atomic mass is 9.80. The van der Waals surface area contributed by atoms with E-state index in [1.54, 1.807) is 6.08 Å². The van der Waals surface area contributed by atoms with Gasteiger partial charge in [-0.25, -0.2) is 0 Å². The Labute approximate surface area is 172 Å². The van der Waals surface area contributed by atoms with Crippen LogP contribution in [0.15, 0.2) is 24.1 Å². The molecule has 2 aliphatic rings. The normalized spacial score (nSPS) is 29.1. The van der Waals surface area contributed by atoms with Crippen LogP contribution in [0.2, 0.25) is 0 Å². The van der Waals surface area contributed by atoms with E-state index in [9.17, 15) is 4.39 Å². The first-order valence-electron chi connectivity index (χ1n) is 11.7. The van der Waals surface area contributed by atoms with Crippen LogP contribution in [0.25, 0.3) is 0 Å². The third-order valence-electron chi connectivity index (χ3n) is 6.77. The van der Waals surface area contributed by atoms with E-state index < -0.39 is 5.83 Å². The quantitative estimate of drug-likeness (QED) is 0.206. The molecule has 2 nitrogen and oxygen atoms in total. The molecule has 0 amide bonds. The first-order chi connectivity index (χ1) is 13.7. The van der Waals surface area contributed by atoms with Crippen LogP contribution < -0.4 is 0 Å². The molecule has 28 heavy (non-hydrogen) atoms. The van der Waals surface area contributed by atoms with Crippen LogP contribution in [0.4, 0.5) is 4.39 Å². The molecule has 0 heterocycles. The fourth-order valence-corrected chi connectivity index (χ4v) is 4.85. The van der Waals surface area contributed by atoms with Gasteiger partial charge in [-0.1, -0.05) is 57.6 Å². The van der Waals surface area contributed by atoms with Crippen molar-refractivity contribution in [1.29, 1.82) is 5.26 Å². The first kappa shape index (κ1) is 23.1. The summed E-state index contributed by atoms with van der Waals surface area (Å²) in [4.78, 5) is 0. The second-order valence-electron chi connectivity index (χ2n) is 8.99. The second kappa shape index (κ2) is 13.9. The summed E-state index contributed by atoms with van der Waals surface area (Å²) >= 11 is 0. The van der Waals surface area contributed by atoms with Gasteiger partial charge in [0.15, 0.2) is 5.83 Å². The van der Waals surface area contributed by atoms with Crippen LogP contribution in [0.1, 0.15) is 96.8 Å². The van der Waals surface area contributed by atoms with Gasteiger partial charge in [-0.15, -0.1) is 0 Å². The van der Waals surface area contributed by atoms with Crippen molar-refractivity contribution in [2.75, 3.05) is 6.61 Å². The molecule has 2 fully saturated rings. The van der Waals surface area contributed by atoms with Gasteiger partial charge in [0.1, 0.15) is 6.07 Å². The Morgan fingerprint density at radius 1 is 0.964 bits per heavy atom. The molecule has 0 aromatic rings. The fraction of sp³-hybridized carbons (Fsp3) is 0.800. The summed E-state index contributed by atoms with van der Waals surface area (Å²) in [6.07, 6.45) is 23.6. The summed E-state index contributed by atoms with van der Waals surface area (Å²) in [6, 6.07) is 1.49. The molecule has 0 saturated heterocycles. The molecular formula is C25H40FNO. The zero-order chi connectivity index (χ0) is 20.0. The molecule has 2 saturated carbocycles. The van der Waals surface area contributed by atoms with Crippen LogP contribution in [0, 0.1) is 29.1 Å². The Morgan fingerprint density at radius 2 is 1.61 bits per heavy atom. The molecule has 0 atom stereocenters. The summed E-state index contributed by atoms with van der Waals surface area (Å²) < 4.78 is 19.0. The van der Waals surface area contributed by atoms with Crippen LogP contribution in [-0.4, -0.2) is 12.7 Å². The molecule has 0 N–H and O–H groups in total. The summed E-state index contributed by atoms with van der Waals surface area (Å²) in [5.41, 5.74) is 0. The number of unbranched alkanes of at least 4 members (excludes halogenated alkanes) is 2. The van der Waals surface area contributed by atoms with Gasteiger partial charge in [0.05, 0.1) is 6.10 Å². The van der Waals surface area contributed by atoms with Gasteiger partial charge in [-0.3, -0.25) is 0 Å². The highest BCUT2D eigenvalue weighted by Crippen LogP contribution is 2.34. The Balaban J connectivity index is 1.51. The molecule has 2 rings (SSSR count). The summed E-state index contributed by atoms with van der Waals surface area (Å²) in [5, 5.41) is 8.36. The van der Waals surface area contributed by atoms with Gasteiger partial charge >= 0.3 is 0 Å². The van der Waals surface area contributed by atoms with Crippen molar-refractivity contribution in [1.82, 2.24) is 0 Å². The molecule has 2 aliphatic carbocycles. The molecule has 0 aromatic heterocycles. The standard InChI is InChI=1S/C25H40FNO/c1-2-3-5-8-21-11-13-23(14-12-21)20-28-25-17-15-22(16-18-25)9-6-4-7-10-24(26)19-27/h4,7,10,21-23,25H,2-3,5-6,8-9,11-18,20H2,1H3. The predicted molar refractivity (Wildman–Crippen MR) is 114 cm³/mol. The Bertz CT molecular complexity index is 505. The topological polar surface area (TPSA) is 33.0 Å². The molecule has 0 unspecified atom stereocenters. The minimum Gasteiger partial charge on any atom is -0.378 e. The highest BCUT2D eigenvalue weighted by Gasteiger charge is 2.24. The van der Waals surface area contributed by atoms with E-state index in [0.29, 0.717) is 6.10 Å². The van der Waals surface area contributed by atoms with Gasteiger partial charge in [-0.05, 0) is 75.2 Å². The largest absolute Gasteiger partial charge is 0.378 e. The van der Waals surface area contributed by atoms with Gasteiger partial charge in [0.25, 0.3) is 0 Å². The van der Waals surface area contributed by atoms with E-state index in [-0.39, 0.29) is 0 Å². The van der Waals surface area contributed by atoms with Crippen LogP contribution in [0.5, 0.6) is 0 Å². The molecule has 0 bridgehead atoms. The maximum atomic E-state index is 12.7. The van der Waals surface area contributed by atoms with Gasteiger partial charge in [0, 0.05) is 6.61 Å². The average Bonchev–Trinajstić information content (AvgIpc) is 2.74. The van der Waals surface area contributed by atoms with Crippen LogP contribution in [-0.2, 0) is 4.74 Å². The van der Waals surface area contributed by atoms with Crippen molar-refractivity contribution in [2.24, 2.45) is 17.8 Å². The van der Waals surface area contributed by atoms with Gasteiger partial charge in [0.2, 0.25) is 0 Å². The Morgan fingerprint density at radius 3 is 2.29 bits per heavy atom. The van der Waals surface area contributed by atoms with Crippen molar-refractivity contribution in [3.05, 3.63) is 24.1 Å². The lowest BCUT2D eigenvalue weighted by molar-refractivity contribution is -0.0102. The SMILES string of the molecule is CCCCCC1CCC(COC2CCC(CCC=CC=C(F)C#N)CC2)CC1. The van der Waals surface area contributed by atoms with Crippen LogP contribution in [0.3, 0.4) is 0 Å². The van der Waals surface area contributed by atoms with Crippen molar-refractivity contribution in [3.63, 3.8) is 0 Å². The third kappa shape index (κ3) is 9.37. The van der Waals surface area contributed by atoms with Gasteiger partial charge in [-0.2, -0.15) is 9.65 Å². The summed E-state index contributed by atoms with van der Waals surface area (Å²) in [6.45, 7) is 3.27. The lowest BCUT2D eigenvalue weighted by Gasteiger charge is -2.32. The molecular weight excluding hydrogens is 349 g/mol. The summed E-state index contributed by atoms with van der Waals surface area (Å²) in [5.74, 6) is 1.83. The van der Waals surface area contributed by atoms with Crippen molar-refractivity contribution >= 4 is 0 Å². The highest BCUT2D eigenvalue weighted by molar-refractivity contribution is 5.18. The third-order valence-corrected chi connectivity index (χ3v) is 6.77. The Kier molecular flexibility index (Phi) is 11.5. The fourth-order valence-electron chi connectivity index (χ4n) is 4.85.